The van der Waals surface area contributed by atoms with Crippen LogP contribution in [-0.2, 0) is 40.5 Å². The van der Waals surface area contributed by atoms with E-state index >= 15 is 0 Å². The summed E-state index contributed by atoms with van der Waals surface area (Å²) in [7, 11) is -3.59. The van der Waals surface area contributed by atoms with Crippen molar-refractivity contribution in [3.63, 3.8) is 0 Å². The van der Waals surface area contributed by atoms with Crippen LogP contribution in [0.25, 0.3) is 0 Å². The molecule has 5 rings (SSSR count). The molecule has 0 fully saturated rings. The van der Waals surface area contributed by atoms with Crippen LogP contribution < -0.4 is 15.2 Å². The van der Waals surface area contributed by atoms with Gasteiger partial charge in [-0.15, -0.1) is 4.36 Å². The Morgan fingerprint density at radius 3 is 3.09 bits per heavy atom. The minimum absolute atomic E-state index is 0.0667. The molecule has 2 aromatic rings. The second-order valence-corrected chi connectivity index (χ2v) is 10.4. The van der Waals surface area contributed by atoms with Gasteiger partial charge in [-0.3, -0.25) is 4.98 Å². The van der Waals surface area contributed by atoms with Gasteiger partial charge >= 0.3 is 6.03 Å². The molecule has 3 heterocycles. The number of pyridine rings is 1. The third-order valence-electron chi connectivity index (χ3n) is 6.40. The van der Waals surface area contributed by atoms with Gasteiger partial charge in [0.1, 0.15) is 17.6 Å². The average Bonchev–Trinajstić information content (AvgIpc) is 3.50. The number of aryl methyl sites for hydroxylation is 1. The summed E-state index contributed by atoms with van der Waals surface area (Å²) in [5, 5.41) is 22.0. The molecule has 0 spiro atoms. The Labute approximate surface area is 192 Å². The maximum absolute atomic E-state index is 13.2. The number of carbonyl (C=O) groups excluding carboxylic acids is 1. The highest BCUT2D eigenvalue weighted by molar-refractivity contribution is 7.91. The van der Waals surface area contributed by atoms with Crippen LogP contribution in [0.1, 0.15) is 48.2 Å². The van der Waals surface area contributed by atoms with Gasteiger partial charge in [-0.25, -0.2) is 18.8 Å². The monoisotopic (exact) mass is 476 g/mol. The summed E-state index contributed by atoms with van der Waals surface area (Å²) in [5.74, 6) is 0.556. The Hall–Kier alpha value is -2.54. The van der Waals surface area contributed by atoms with E-state index in [-0.39, 0.29) is 36.7 Å². The molecule has 178 valence electrons. The van der Waals surface area contributed by atoms with Crippen molar-refractivity contribution in [3.05, 3.63) is 28.7 Å². The molecule has 11 nitrogen and oxygen atoms in total. The van der Waals surface area contributed by atoms with E-state index in [9.17, 15) is 9.00 Å². The molecular formula is C21H28N6O5S. The molecule has 4 N–H and O–H groups in total. The lowest BCUT2D eigenvalue weighted by atomic mass is 10.0. The van der Waals surface area contributed by atoms with Crippen LogP contribution in [0.4, 0.5) is 10.5 Å². The van der Waals surface area contributed by atoms with Crippen molar-refractivity contribution >= 4 is 21.6 Å². The number of nitrogens with zero attached hydrogens (tertiary/aromatic N) is 4. The molecule has 3 aliphatic rings. The minimum Gasteiger partial charge on any atom is -0.474 e. The Bertz CT molecular complexity index is 1220. The van der Waals surface area contributed by atoms with Gasteiger partial charge in [0.05, 0.1) is 31.6 Å². The molecule has 2 aliphatic carbocycles. The zero-order valence-corrected chi connectivity index (χ0v) is 19.3. The number of aliphatic hydroxyl groups is 1. The maximum atomic E-state index is 13.2. The number of hydrogen-bond donors (Lipinski definition) is 3. The van der Waals surface area contributed by atoms with Crippen LogP contribution in [0.15, 0.2) is 15.5 Å². The first-order valence-electron chi connectivity index (χ1n) is 11.2. The van der Waals surface area contributed by atoms with Gasteiger partial charge in [0, 0.05) is 11.4 Å². The van der Waals surface area contributed by atoms with E-state index in [4.69, 9.17) is 24.7 Å². The Kier molecular flexibility index (Phi) is 5.85. The number of rotatable bonds is 5. The summed E-state index contributed by atoms with van der Waals surface area (Å²) in [6, 6.07) is -0.760. The number of hydrogen-bond acceptors (Lipinski definition) is 7. The first kappa shape index (κ1) is 22.3. The standard InChI is InChI=1S/C21H28N6O5S/c1-12-5-6-15-18(12)24-16-4-2-3-14(16)19(15)25-21(29)26-33(22,30)17-9-23-27-10-13(31-8-7-28)11-32-20(17)27/h9,12-13,28H,2-8,10-11H2,1H3,(H3,22,24,25,26,29,30)/t12?,13-,33?/m0/s1. The molecule has 2 unspecified atom stereocenters. The van der Waals surface area contributed by atoms with Gasteiger partial charge < -0.3 is 19.9 Å². The molecule has 33 heavy (non-hydrogen) atoms. The summed E-state index contributed by atoms with van der Waals surface area (Å²) in [4.78, 5) is 17.8. The molecule has 3 atom stereocenters. The quantitative estimate of drug-likeness (QED) is 0.591. The van der Waals surface area contributed by atoms with E-state index in [0.29, 0.717) is 12.5 Å². The highest BCUT2D eigenvalue weighted by atomic mass is 32.2. The van der Waals surface area contributed by atoms with E-state index in [1.807, 2.05) is 0 Å². The smallest absolute Gasteiger partial charge is 0.354 e. The number of aliphatic hydroxyl groups excluding tert-OH is 1. The van der Waals surface area contributed by atoms with E-state index in [2.05, 4.69) is 21.7 Å². The summed E-state index contributed by atoms with van der Waals surface area (Å²) < 4.78 is 29.7. The van der Waals surface area contributed by atoms with Crippen LogP contribution in [0.5, 0.6) is 5.88 Å². The summed E-state index contributed by atoms with van der Waals surface area (Å²) in [5.41, 5.74) is 4.93. The Morgan fingerprint density at radius 2 is 2.27 bits per heavy atom. The van der Waals surface area contributed by atoms with Crippen molar-refractivity contribution in [2.75, 3.05) is 25.1 Å². The fraction of sp³-hybridized carbons (Fsp3) is 0.571. The number of urea groups is 1. The predicted octanol–water partition coefficient (Wildman–Crippen LogP) is 1.52. The molecule has 1 aliphatic heterocycles. The lowest BCUT2D eigenvalue weighted by molar-refractivity contribution is -0.0260. The van der Waals surface area contributed by atoms with Crippen LogP contribution in [0.2, 0.25) is 0 Å². The fourth-order valence-electron chi connectivity index (χ4n) is 4.83. The first-order chi connectivity index (χ1) is 15.9. The van der Waals surface area contributed by atoms with E-state index < -0.39 is 15.9 Å². The number of nitrogens with one attached hydrogen (secondary N) is 1. The lowest BCUT2D eigenvalue weighted by Crippen LogP contribution is -2.34. The van der Waals surface area contributed by atoms with Gasteiger partial charge in [0.2, 0.25) is 5.88 Å². The van der Waals surface area contributed by atoms with Gasteiger partial charge in [-0.2, -0.15) is 5.10 Å². The Balaban J connectivity index is 1.40. The third-order valence-corrected chi connectivity index (χ3v) is 7.75. The number of ether oxygens (including phenoxy) is 2. The number of anilines is 1. The second kappa shape index (κ2) is 8.67. The molecule has 0 saturated carbocycles. The largest absolute Gasteiger partial charge is 0.474 e. The summed E-state index contributed by atoms with van der Waals surface area (Å²) in [6.07, 6.45) is 5.58. The summed E-state index contributed by atoms with van der Waals surface area (Å²) in [6.45, 7) is 2.77. The second-order valence-electron chi connectivity index (χ2n) is 8.68. The number of amides is 2. The zero-order chi connectivity index (χ0) is 23.2. The number of aromatic nitrogens is 3. The lowest BCUT2D eigenvalue weighted by Gasteiger charge is -2.24. The zero-order valence-electron chi connectivity index (χ0n) is 18.5. The highest BCUT2D eigenvalue weighted by Crippen LogP contribution is 2.41. The molecule has 0 bridgehead atoms. The van der Waals surface area contributed by atoms with Crippen LogP contribution in [0, 0.1) is 0 Å². The summed E-state index contributed by atoms with van der Waals surface area (Å²) >= 11 is 0. The number of fused-ring (bicyclic) bond motifs is 3. The van der Waals surface area contributed by atoms with Gasteiger partial charge in [-0.05, 0) is 49.1 Å². The third kappa shape index (κ3) is 4.12. The molecular weight excluding hydrogens is 448 g/mol. The molecule has 12 heteroatoms. The van der Waals surface area contributed by atoms with Gasteiger partial charge in [0.25, 0.3) is 0 Å². The average molecular weight is 477 g/mol. The van der Waals surface area contributed by atoms with Crippen molar-refractivity contribution < 1.29 is 23.6 Å². The van der Waals surface area contributed by atoms with Crippen molar-refractivity contribution in [1.82, 2.24) is 14.8 Å². The fourth-order valence-corrected chi connectivity index (χ4v) is 5.83. The first-order valence-corrected chi connectivity index (χ1v) is 12.8. The van der Waals surface area contributed by atoms with E-state index in [1.165, 1.54) is 10.9 Å². The van der Waals surface area contributed by atoms with Gasteiger partial charge in [-0.1, -0.05) is 6.92 Å². The highest BCUT2D eigenvalue weighted by Gasteiger charge is 2.31. The van der Waals surface area contributed by atoms with Crippen LogP contribution in [0.3, 0.4) is 0 Å². The van der Waals surface area contributed by atoms with Crippen molar-refractivity contribution in [2.24, 2.45) is 9.50 Å². The minimum atomic E-state index is -3.59. The number of nitrogens with two attached hydrogens (primary N) is 1. The maximum Gasteiger partial charge on any atom is 0.354 e. The van der Waals surface area contributed by atoms with Crippen molar-refractivity contribution in [2.45, 2.75) is 62.5 Å². The predicted molar refractivity (Wildman–Crippen MR) is 120 cm³/mol. The number of carbonyl (C=O) groups is 1. The SMILES string of the molecule is CC1CCc2c1nc1c(c2NC(=O)N=S(N)(=O)c2cnn3c2OC[C@@H](OCCO)C3)CCC1. The Morgan fingerprint density at radius 1 is 1.42 bits per heavy atom. The molecule has 2 aromatic heterocycles. The van der Waals surface area contributed by atoms with E-state index in [1.54, 1.807) is 0 Å². The van der Waals surface area contributed by atoms with Crippen molar-refractivity contribution in [3.8, 4) is 5.88 Å². The molecule has 0 aromatic carbocycles. The molecule has 0 saturated heterocycles. The molecule has 0 radical (unpaired) electrons. The normalized spacial score (nSPS) is 22.6. The van der Waals surface area contributed by atoms with Crippen molar-refractivity contribution in [1.29, 1.82) is 0 Å². The van der Waals surface area contributed by atoms with Crippen LogP contribution >= 0.6 is 0 Å². The topological polar surface area (TPSA) is 154 Å². The van der Waals surface area contributed by atoms with E-state index in [0.717, 1.165) is 60.3 Å². The van der Waals surface area contributed by atoms with Gasteiger partial charge in [0.15, 0.2) is 9.92 Å². The van der Waals surface area contributed by atoms with Crippen LogP contribution in [-0.4, -0.2) is 56.0 Å². The molecule has 2 amide bonds.